The summed E-state index contributed by atoms with van der Waals surface area (Å²) in [5.41, 5.74) is 2.72. The van der Waals surface area contributed by atoms with Gasteiger partial charge in [-0.05, 0) is 75.1 Å². The smallest absolute Gasteiger partial charge is 0.234 e. The first-order valence-electron chi connectivity index (χ1n) is 13.1. The summed E-state index contributed by atoms with van der Waals surface area (Å²) in [5.74, 6) is 1.48. The fraction of sp³-hybridized carbons (Fsp3) is 0.519. The van der Waals surface area contributed by atoms with Crippen LogP contribution in [0.1, 0.15) is 51.4 Å². The standard InChI is InChI=1S/C27H35ClN6O3/c1-37-21-12-22-23(14-31-27(22)30-13-21)16-10-24(28)34-25(11-16)32-18-2-4-19(5-3-18)33-26(36)15-29-17-6-8-20(35)9-7-17/h10-14,17-20,29,35H,2-9,15H2,1H3,(H,30,31)(H,32,34)(H,33,36). The van der Waals surface area contributed by atoms with E-state index in [2.05, 4.69) is 30.9 Å². The molecule has 2 saturated carbocycles. The van der Waals surface area contributed by atoms with Crippen molar-refractivity contribution in [3.63, 3.8) is 0 Å². The molecule has 5 N–H and O–H groups in total. The number of rotatable bonds is 8. The summed E-state index contributed by atoms with van der Waals surface area (Å²) in [5, 5.41) is 21.1. The van der Waals surface area contributed by atoms with Crippen molar-refractivity contribution in [3.05, 3.63) is 35.7 Å². The Kier molecular flexibility index (Phi) is 8.12. The first-order chi connectivity index (χ1) is 18.0. The van der Waals surface area contributed by atoms with Crippen LogP contribution in [0.2, 0.25) is 5.15 Å². The van der Waals surface area contributed by atoms with Crippen molar-refractivity contribution >= 4 is 34.4 Å². The molecule has 0 aromatic carbocycles. The SMILES string of the molecule is COc1cnc2[nH]cc(-c3cc(Cl)nc(NC4CCC(NC(=O)CNC5CCC(O)CC5)CC4)c3)c2c1. The number of carbonyl (C=O) groups is 1. The summed E-state index contributed by atoms with van der Waals surface area (Å²) in [4.78, 5) is 24.6. The normalized spacial score (nSPS) is 24.1. The van der Waals surface area contributed by atoms with Crippen LogP contribution in [0.5, 0.6) is 5.75 Å². The van der Waals surface area contributed by atoms with Crippen molar-refractivity contribution in [2.45, 2.75) is 75.6 Å². The molecule has 0 aliphatic heterocycles. The van der Waals surface area contributed by atoms with Crippen LogP contribution < -0.4 is 20.7 Å². The number of ether oxygens (including phenoxy) is 1. The molecule has 0 atom stereocenters. The lowest BCUT2D eigenvalue weighted by molar-refractivity contribution is -0.121. The van der Waals surface area contributed by atoms with E-state index in [1.54, 1.807) is 13.3 Å². The van der Waals surface area contributed by atoms with E-state index in [1.807, 2.05) is 24.4 Å². The largest absolute Gasteiger partial charge is 0.495 e. The van der Waals surface area contributed by atoms with Crippen molar-refractivity contribution in [1.82, 2.24) is 25.6 Å². The summed E-state index contributed by atoms with van der Waals surface area (Å²) < 4.78 is 5.34. The number of anilines is 1. The second-order valence-corrected chi connectivity index (χ2v) is 10.6. The van der Waals surface area contributed by atoms with Crippen LogP contribution in [0, 0.1) is 0 Å². The average Bonchev–Trinajstić information content (AvgIpc) is 3.32. The zero-order chi connectivity index (χ0) is 25.8. The number of nitrogens with zero attached hydrogens (tertiary/aromatic N) is 2. The summed E-state index contributed by atoms with van der Waals surface area (Å²) in [6.07, 6.45) is 10.6. The molecular formula is C27H35ClN6O3. The number of aliphatic hydroxyl groups excluding tert-OH is 1. The topological polar surface area (TPSA) is 124 Å². The molecular weight excluding hydrogens is 492 g/mol. The van der Waals surface area contributed by atoms with Crippen molar-refractivity contribution in [1.29, 1.82) is 0 Å². The van der Waals surface area contributed by atoms with Crippen molar-refractivity contribution in [2.24, 2.45) is 0 Å². The quantitative estimate of drug-likeness (QED) is 0.281. The Morgan fingerprint density at radius 2 is 1.81 bits per heavy atom. The second-order valence-electron chi connectivity index (χ2n) is 10.2. The molecule has 0 unspecified atom stereocenters. The lowest BCUT2D eigenvalue weighted by atomic mass is 9.91. The molecule has 2 aliphatic rings. The Morgan fingerprint density at radius 1 is 1.08 bits per heavy atom. The molecule has 3 heterocycles. The summed E-state index contributed by atoms with van der Waals surface area (Å²) >= 11 is 6.40. The van der Waals surface area contributed by atoms with Crippen LogP contribution in [-0.4, -0.2) is 63.8 Å². The van der Waals surface area contributed by atoms with Crippen LogP contribution in [-0.2, 0) is 4.79 Å². The van der Waals surface area contributed by atoms with Gasteiger partial charge < -0.3 is 30.8 Å². The molecule has 2 aliphatic carbocycles. The van der Waals surface area contributed by atoms with Gasteiger partial charge in [0.25, 0.3) is 0 Å². The minimum Gasteiger partial charge on any atom is -0.495 e. The number of aromatic amines is 1. The zero-order valence-electron chi connectivity index (χ0n) is 21.1. The summed E-state index contributed by atoms with van der Waals surface area (Å²) in [6.45, 7) is 0.337. The van der Waals surface area contributed by atoms with E-state index < -0.39 is 0 Å². The Bertz CT molecular complexity index is 1220. The average molecular weight is 527 g/mol. The number of hydrogen-bond donors (Lipinski definition) is 5. The highest BCUT2D eigenvalue weighted by Gasteiger charge is 2.24. The Hall–Kier alpha value is -2.88. The van der Waals surface area contributed by atoms with Gasteiger partial charge in [-0.25, -0.2) is 9.97 Å². The van der Waals surface area contributed by atoms with E-state index in [4.69, 9.17) is 16.3 Å². The number of pyridine rings is 2. The van der Waals surface area contributed by atoms with E-state index in [0.717, 1.165) is 79.3 Å². The van der Waals surface area contributed by atoms with Crippen molar-refractivity contribution in [2.75, 3.05) is 19.0 Å². The monoisotopic (exact) mass is 526 g/mol. The summed E-state index contributed by atoms with van der Waals surface area (Å²) in [6, 6.07) is 6.61. The highest BCUT2D eigenvalue weighted by atomic mass is 35.5. The van der Waals surface area contributed by atoms with Gasteiger partial charge in [0.05, 0.1) is 26.0 Å². The fourth-order valence-corrected chi connectivity index (χ4v) is 5.66. The fourth-order valence-electron chi connectivity index (χ4n) is 5.45. The number of fused-ring (bicyclic) bond motifs is 1. The lowest BCUT2D eigenvalue weighted by Gasteiger charge is -2.30. The van der Waals surface area contributed by atoms with Gasteiger partial charge in [-0.2, -0.15) is 0 Å². The molecule has 0 spiro atoms. The second kappa shape index (κ2) is 11.7. The first-order valence-corrected chi connectivity index (χ1v) is 13.5. The van der Waals surface area contributed by atoms with E-state index in [1.165, 1.54) is 0 Å². The van der Waals surface area contributed by atoms with Gasteiger partial charge in [0.2, 0.25) is 5.91 Å². The van der Waals surface area contributed by atoms with Gasteiger partial charge in [0.1, 0.15) is 22.4 Å². The van der Waals surface area contributed by atoms with E-state index in [-0.39, 0.29) is 24.1 Å². The Labute approximate surface area is 221 Å². The van der Waals surface area contributed by atoms with E-state index in [9.17, 15) is 9.90 Å². The Balaban J connectivity index is 1.14. The van der Waals surface area contributed by atoms with Crippen molar-refractivity contribution < 1.29 is 14.6 Å². The maximum atomic E-state index is 12.4. The van der Waals surface area contributed by atoms with E-state index in [0.29, 0.717) is 23.5 Å². The molecule has 0 saturated heterocycles. The molecule has 198 valence electrons. The molecule has 9 nitrogen and oxygen atoms in total. The van der Waals surface area contributed by atoms with Gasteiger partial charge in [0.15, 0.2) is 0 Å². The number of H-pyrrole nitrogens is 1. The third-order valence-corrected chi connectivity index (χ3v) is 7.73. The van der Waals surface area contributed by atoms with Crippen molar-refractivity contribution in [3.8, 4) is 16.9 Å². The number of hydrogen-bond acceptors (Lipinski definition) is 7. The van der Waals surface area contributed by atoms with Gasteiger partial charge in [-0.1, -0.05) is 11.6 Å². The van der Waals surface area contributed by atoms with E-state index >= 15 is 0 Å². The molecule has 0 bridgehead atoms. The van der Waals surface area contributed by atoms with Gasteiger partial charge in [-0.3, -0.25) is 4.79 Å². The number of amides is 1. The molecule has 2 fully saturated rings. The van der Waals surface area contributed by atoms with Gasteiger partial charge >= 0.3 is 0 Å². The molecule has 5 rings (SSSR count). The predicted molar refractivity (Wildman–Crippen MR) is 145 cm³/mol. The maximum absolute atomic E-state index is 12.4. The van der Waals surface area contributed by atoms with Crippen LogP contribution >= 0.6 is 11.6 Å². The third kappa shape index (κ3) is 6.52. The summed E-state index contributed by atoms with van der Waals surface area (Å²) in [7, 11) is 1.63. The van der Waals surface area contributed by atoms with Gasteiger partial charge in [-0.15, -0.1) is 0 Å². The highest BCUT2D eigenvalue weighted by molar-refractivity contribution is 6.29. The number of methoxy groups -OCH3 is 1. The van der Waals surface area contributed by atoms with Crippen LogP contribution in [0.25, 0.3) is 22.2 Å². The third-order valence-electron chi connectivity index (χ3n) is 7.54. The molecule has 37 heavy (non-hydrogen) atoms. The molecule has 3 aromatic heterocycles. The molecule has 3 aromatic rings. The predicted octanol–water partition coefficient (Wildman–Crippen LogP) is 4.02. The zero-order valence-corrected chi connectivity index (χ0v) is 21.9. The number of carbonyl (C=O) groups excluding carboxylic acids is 1. The maximum Gasteiger partial charge on any atom is 0.234 e. The Morgan fingerprint density at radius 3 is 2.57 bits per heavy atom. The molecule has 0 radical (unpaired) electrons. The van der Waals surface area contributed by atoms with Crippen LogP contribution in [0.3, 0.4) is 0 Å². The number of halogens is 1. The lowest BCUT2D eigenvalue weighted by Crippen LogP contribution is -2.46. The van der Waals surface area contributed by atoms with Gasteiger partial charge in [0, 0.05) is 35.3 Å². The minimum absolute atomic E-state index is 0.0496. The number of aromatic nitrogens is 3. The molecule has 10 heteroatoms. The van der Waals surface area contributed by atoms with Crippen LogP contribution in [0.4, 0.5) is 5.82 Å². The highest BCUT2D eigenvalue weighted by Crippen LogP contribution is 2.33. The number of nitrogens with one attached hydrogen (secondary N) is 4. The minimum atomic E-state index is -0.181. The van der Waals surface area contributed by atoms with Crippen LogP contribution in [0.15, 0.2) is 30.6 Å². The molecule has 1 amide bonds. The number of aliphatic hydroxyl groups is 1. The first kappa shape index (κ1) is 25.8.